The molecular weight excluding hydrogens is 188 g/mol. The predicted octanol–water partition coefficient (Wildman–Crippen LogP) is 1.91. The van der Waals surface area contributed by atoms with Crippen molar-refractivity contribution in [2.24, 2.45) is 5.73 Å². The second kappa shape index (κ2) is 6.83. The molecular formula is C12H24N2O. The molecule has 3 heteroatoms. The second-order valence-electron chi connectivity index (χ2n) is 4.36. The van der Waals surface area contributed by atoms with Crippen molar-refractivity contribution in [3.8, 4) is 0 Å². The first kappa shape index (κ1) is 12.5. The Balaban J connectivity index is 2.32. The Kier molecular flexibility index (Phi) is 5.69. The summed E-state index contributed by atoms with van der Waals surface area (Å²) in [5.74, 6) is 0.331. The van der Waals surface area contributed by atoms with Crippen LogP contribution in [0.15, 0.2) is 0 Å². The van der Waals surface area contributed by atoms with Crippen molar-refractivity contribution >= 4 is 5.91 Å². The van der Waals surface area contributed by atoms with Gasteiger partial charge < -0.3 is 10.6 Å². The van der Waals surface area contributed by atoms with Crippen LogP contribution >= 0.6 is 0 Å². The van der Waals surface area contributed by atoms with E-state index in [9.17, 15) is 4.79 Å². The fourth-order valence-electron chi connectivity index (χ4n) is 2.42. The van der Waals surface area contributed by atoms with Crippen LogP contribution in [0, 0.1) is 0 Å². The minimum Gasteiger partial charge on any atom is -0.340 e. The molecule has 1 amide bonds. The number of nitrogens with two attached hydrogens (primary N) is 1. The van der Waals surface area contributed by atoms with E-state index in [1.54, 1.807) is 0 Å². The summed E-state index contributed by atoms with van der Waals surface area (Å²) < 4.78 is 0. The minimum atomic E-state index is 0.331. The molecule has 0 heterocycles. The van der Waals surface area contributed by atoms with Crippen LogP contribution in [0.2, 0.25) is 0 Å². The van der Waals surface area contributed by atoms with E-state index in [4.69, 9.17) is 5.73 Å². The molecule has 0 aromatic rings. The van der Waals surface area contributed by atoms with Gasteiger partial charge in [0.15, 0.2) is 0 Å². The van der Waals surface area contributed by atoms with Crippen molar-refractivity contribution in [1.29, 1.82) is 0 Å². The Hall–Kier alpha value is -0.570. The quantitative estimate of drug-likeness (QED) is 0.684. The lowest BCUT2D eigenvalue weighted by atomic mass is 10.1. The van der Waals surface area contributed by atoms with Crippen LogP contribution in [0.1, 0.15) is 51.9 Å². The molecule has 1 fully saturated rings. The third-order valence-electron chi connectivity index (χ3n) is 3.27. The molecule has 2 N–H and O–H groups in total. The van der Waals surface area contributed by atoms with E-state index in [1.807, 2.05) is 0 Å². The highest BCUT2D eigenvalue weighted by Crippen LogP contribution is 2.24. The predicted molar refractivity (Wildman–Crippen MR) is 62.5 cm³/mol. The molecule has 0 aromatic carbocycles. The zero-order chi connectivity index (χ0) is 11.1. The van der Waals surface area contributed by atoms with Gasteiger partial charge in [-0.05, 0) is 39.2 Å². The van der Waals surface area contributed by atoms with Crippen LogP contribution in [-0.4, -0.2) is 29.9 Å². The topological polar surface area (TPSA) is 46.3 Å². The second-order valence-corrected chi connectivity index (χ2v) is 4.36. The number of nitrogens with zero attached hydrogens (tertiary/aromatic N) is 1. The zero-order valence-electron chi connectivity index (χ0n) is 9.87. The Morgan fingerprint density at radius 2 is 2.00 bits per heavy atom. The average molecular weight is 212 g/mol. The van der Waals surface area contributed by atoms with Crippen molar-refractivity contribution in [3.63, 3.8) is 0 Å². The van der Waals surface area contributed by atoms with Crippen LogP contribution in [0.5, 0.6) is 0 Å². The molecule has 1 aliphatic carbocycles. The van der Waals surface area contributed by atoms with Crippen molar-refractivity contribution in [2.45, 2.75) is 57.9 Å². The SMILES string of the molecule is CCN(C(=O)CCCCN)C1CCCC1. The Bertz CT molecular complexity index is 188. The molecule has 88 valence electrons. The first-order valence-corrected chi connectivity index (χ1v) is 6.29. The van der Waals surface area contributed by atoms with Gasteiger partial charge in [0.1, 0.15) is 0 Å². The van der Waals surface area contributed by atoms with Crippen LogP contribution in [0.25, 0.3) is 0 Å². The van der Waals surface area contributed by atoms with Gasteiger partial charge in [-0.15, -0.1) is 0 Å². The summed E-state index contributed by atoms with van der Waals surface area (Å²) in [6, 6.07) is 0.528. The minimum absolute atomic E-state index is 0.331. The molecule has 0 aromatic heterocycles. The largest absolute Gasteiger partial charge is 0.340 e. The summed E-state index contributed by atoms with van der Waals surface area (Å²) in [6.45, 7) is 3.65. The Morgan fingerprint density at radius 3 is 2.53 bits per heavy atom. The van der Waals surface area contributed by atoms with Crippen LogP contribution in [0.3, 0.4) is 0 Å². The van der Waals surface area contributed by atoms with Crippen LogP contribution in [0.4, 0.5) is 0 Å². The molecule has 0 aliphatic heterocycles. The smallest absolute Gasteiger partial charge is 0.222 e. The van der Waals surface area contributed by atoms with Gasteiger partial charge in [-0.3, -0.25) is 4.79 Å². The molecule has 1 aliphatic rings. The van der Waals surface area contributed by atoms with E-state index >= 15 is 0 Å². The van der Waals surface area contributed by atoms with Crippen molar-refractivity contribution in [1.82, 2.24) is 4.90 Å². The standard InChI is InChI=1S/C12H24N2O/c1-2-14(11-7-3-4-8-11)12(15)9-5-6-10-13/h11H,2-10,13H2,1H3. The number of carbonyl (C=O) groups is 1. The molecule has 0 unspecified atom stereocenters. The molecule has 0 radical (unpaired) electrons. The maximum Gasteiger partial charge on any atom is 0.222 e. The first-order valence-electron chi connectivity index (χ1n) is 6.29. The van der Waals surface area contributed by atoms with E-state index in [0.29, 0.717) is 24.9 Å². The molecule has 3 nitrogen and oxygen atoms in total. The lowest BCUT2D eigenvalue weighted by Gasteiger charge is -2.27. The fraction of sp³-hybridized carbons (Fsp3) is 0.917. The number of hydrogen-bond acceptors (Lipinski definition) is 2. The fourth-order valence-corrected chi connectivity index (χ4v) is 2.42. The molecule has 0 spiro atoms. The van der Waals surface area contributed by atoms with E-state index in [-0.39, 0.29) is 0 Å². The van der Waals surface area contributed by atoms with E-state index in [1.165, 1.54) is 25.7 Å². The third-order valence-corrected chi connectivity index (χ3v) is 3.27. The Labute approximate surface area is 93.0 Å². The molecule has 0 saturated heterocycles. The summed E-state index contributed by atoms with van der Waals surface area (Å²) in [5, 5.41) is 0. The summed E-state index contributed by atoms with van der Waals surface area (Å²) >= 11 is 0. The molecule has 15 heavy (non-hydrogen) atoms. The van der Waals surface area contributed by atoms with Crippen LogP contribution < -0.4 is 5.73 Å². The summed E-state index contributed by atoms with van der Waals surface area (Å²) in [6.07, 6.45) is 7.58. The van der Waals surface area contributed by atoms with Crippen molar-refractivity contribution in [2.75, 3.05) is 13.1 Å². The molecule has 0 bridgehead atoms. The lowest BCUT2D eigenvalue weighted by Crippen LogP contribution is -2.38. The summed E-state index contributed by atoms with van der Waals surface area (Å²) in [4.78, 5) is 14.0. The third kappa shape index (κ3) is 3.82. The highest BCUT2D eigenvalue weighted by atomic mass is 16.2. The maximum absolute atomic E-state index is 11.9. The monoisotopic (exact) mass is 212 g/mol. The lowest BCUT2D eigenvalue weighted by molar-refractivity contribution is -0.133. The van der Waals surface area contributed by atoms with Gasteiger partial charge >= 0.3 is 0 Å². The molecule has 1 rings (SSSR count). The van der Waals surface area contributed by atoms with E-state index in [0.717, 1.165) is 19.4 Å². The number of rotatable bonds is 6. The average Bonchev–Trinajstić information content (AvgIpc) is 2.73. The Morgan fingerprint density at radius 1 is 1.33 bits per heavy atom. The van der Waals surface area contributed by atoms with Gasteiger partial charge in [-0.2, -0.15) is 0 Å². The number of carbonyl (C=O) groups excluding carboxylic acids is 1. The highest BCUT2D eigenvalue weighted by Gasteiger charge is 2.24. The normalized spacial score (nSPS) is 16.9. The molecule has 1 saturated carbocycles. The van der Waals surface area contributed by atoms with Crippen LogP contribution in [-0.2, 0) is 4.79 Å². The van der Waals surface area contributed by atoms with Crippen molar-refractivity contribution < 1.29 is 4.79 Å². The highest BCUT2D eigenvalue weighted by molar-refractivity contribution is 5.76. The van der Waals surface area contributed by atoms with Gasteiger partial charge in [-0.25, -0.2) is 0 Å². The van der Waals surface area contributed by atoms with E-state index in [2.05, 4.69) is 11.8 Å². The van der Waals surface area contributed by atoms with Crippen molar-refractivity contribution in [3.05, 3.63) is 0 Å². The number of unbranched alkanes of at least 4 members (excludes halogenated alkanes) is 1. The molecule has 0 atom stereocenters. The van der Waals surface area contributed by atoms with Gasteiger partial charge in [0, 0.05) is 19.0 Å². The van der Waals surface area contributed by atoms with Gasteiger partial charge in [-0.1, -0.05) is 12.8 Å². The first-order chi connectivity index (χ1) is 7.29. The number of amides is 1. The van der Waals surface area contributed by atoms with Gasteiger partial charge in [0.05, 0.1) is 0 Å². The summed E-state index contributed by atoms with van der Waals surface area (Å²) in [5.41, 5.74) is 5.42. The summed E-state index contributed by atoms with van der Waals surface area (Å²) in [7, 11) is 0. The maximum atomic E-state index is 11.9. The van der Waals surface area contributed by atoms with Gasteiger partial charge in [0.25, 0.3) is 0 Å². The number of hydrogen-bond donors (Lipinski definition) is 1. The zero-order valence-corrected chi connectivity index (χ0v) is 9.87. The van der Waals surface area contributed by atoms with Gasteiger partial charge in [0.2, 0.25) is 5.91 Å². The van der Waals surface area contributed by atoms with E-state index < -0.39 is 0 Å².